The van der Waals surface area contributed by atoms with E-state index in [0.717, 1.165) is 28.0 Å². The van der Waals surface area contributed by atoms with Crippen molar-refractivity contribution in [3.8, 4) is 0 Å². The molecule has 1 aromatic carbocycles. The van der Waals surface area contributed by atoms with Gasteiger partial charge in [-0.25, -0.2) is 4.79 Å². The maximum Gasteiger partial charge on any atom is 0.321 e. The Labute approximate surface area is 152 Å². The van der Waals surface area contributed by atoms with Crippen molar-refractivity contribution in [3.63, 3.8) is 0 Å². The van der Waals surface area contributed by atoms with Crippen LogP contribution < -0.4 is 10.2 Å². The lowest BCUT2D eigenvalue weighted by atomic mass is 10.1. The summed E-state index contributed by atoms with van der Waals surface area (Å²) in [5, 5.41) is 2.98. The third-order valence-corrected chi connectivity index (χ3v) is 5.40. The number of nitrogens with zero attached hydrogens (tertiary/aromatic N) is 2. The molecule has 2 amide bonds. The predicted octanol–water partition coefficient (Wildman–Crippen LogP) is 5.06. The van der Waals surface area contributed by atoms with Gasteiger partial charge in [-0.15, -0.1) is 11.3 Å². The fraction of sp³-hybridized carbons (Fsp3) is 0.389. The second-order valence-electron chi connectivity index (χ2n) is 6.09. The number of rotatable bonds is 4. The molecule has 0 aliphatic carbocycles. The van der Waals surface area contributed by atoms with Gasteiger partial charge in [0.1, 0.15) is 0 Å². The van der Waals surface area contributed by atoms with Gasteiger partial charge in [-0.2, -0.15) is 0 Å². The Bertz CT molecular complexity index is 697. The summed E-state index contributed by atoms with van der Waals surface area (Å²) < 4.78 is 0.744. The van der Waals surface area contributed by atoms with Gasteiger partial charge in [0.15, 0.2) is 0 Å². The van der Waals surface area contributed by atoms with Crippen LogP contribution in [-0.4, -0.2) is 31.1 Å². The molecular weight excluding hydrogens is 342 g/mol. The average Bonchev–Trinajstić information content (AvgIpc) is 3.00. The van der Waals surface area contributed by atoms with Gasteiger partial charge in [0.05, 0.1) is 10.9 Å². The lowest BCUT2D eigenvalue weighted by molar-refractivity contribution is 0.221. The van der Waals surface area contributed by atoms with E-state index in [2.05, 4.69) is 22.3 Å². The van der Waals surface area contributed by atoms with Crippen LogP contribution in [0.15, 0.2) is 36.4 Å². The zero-order chi connectivity index (χ0) is 16.9. The highest BCUT2D eigenvalue weighted by atomic mass is 35.5. The lowest BCUT2D eigenvalue weighted by Gasteiger charge is -2.29. The van der Waals surface area contributed by atoms with E-state index in [-0.39, 0.29) is 6.03 Å². The molecule has 1 aliphatic heterocycles. The first-order chi connectivity index (χ1) is 11.6. The van der Waals surface area contributed by atoms with E-state index in [0.29, 0.717) is 6.54 Å². The highest BCUT2D eigenvalue weighted by Gasteiger charge is 2.13. The smallest absolute Gasteiger partial charge is 0.321 e. The summed E-state index contributed by atoms with van der Waals surface area (Å²) in [6, 6.07) is 11.8. The van der Waals surface area contributed by atoms with E-state index in [9.17, 15) is 4.79 Å². The normalized spacial score (nSPS) is 14.5. The van der Waals surface area contributed by atoms with Gasteiger partial charge in [0.25, 0.3) is 0 Å². The summed E-state index contributed by atoms with van der Waals surface area (Å²) in [6.45, 7) is 2.74. The minimum absolute atomic E-state index is 0.115. The van der Waals surface area contributed by atoms with Crippen molar-refractivity contribution in [2.24, 2.45) is 0 Å². The van der Waals surface area contributed by atoms with Gasteiger partial charge in [-0.05, 0) is 49.6 Å². The van der Waals surface area contributed by atoms with Crippen LogP contribution in [0.5, 0.6) is 0 Å². The summed E-state index contributed by atoms with van der Waals surface area (Å²) >= 11 is 7.44. The van der Waals surface area contributed by atoms with Gasteiger partial charge in [-0.3, -0.25) is 0 Å². The van der Waals surface area contributed by atoms with E-state index in [1.165, 1.54) is 36.3 Å². The monoisotopic (exact) mass is 363 g/mol. The topological polar surface area (TPSA) is 35.6 Å². The van der Waals surface area contributed by atoms with Crippen molar-refractivity contribution in [2.45, 2.75) is 25.8 Å². The van der Waals surface area contributed by atoms with E-state index >= 15 is 0 Å². The molecule has 1 aromatic heterocycles. The van der Waals surface area contributed by atoms with Gasteiger partial charge in [0.2, 0.25) is 0 Å². The minimum Gasteiger partial charge on any atom is -0.371 e. The number of amides is 2. The first kappa shape index (κ1) is 17.1. The number of benzene rings is 1. The molecule has 4 nitrogen and oxygen atoms in total. The molecule has 0 spiro atoms. The molecule has 1 N–H and O–H groups in total. The number of halogens is 1. The Hall–Kier alpha value is -1.72. The fourth-order valence-electron chi connectivity index (χ4n) is 2.89. The van der Waals surface area contributed by atoms with E-state index < -0.39 is 0 Å². The second kappa shape index (κ2) is 7.90. The quantitative estimate of drug-likeness (QED) is 0.824. The molecule has 0 unspecified atom stereocenters. The Morgan fingerprint density at radius 1 is 1.25 bits per heavy atom. The van der Waals surface area contributed by atoms with Crippen LogP contribution in [0, 0.1) is 0 Å². The number of piperidine rings is 1. The van der Waals surface area contributed by atoms with Crippen LogP contribution in [0.2, 0.25) is 4.34 Å². The SMILES string of the molecule is CN(Cc1ccc(Cl)s1)C(=O)Nc1cccc(N2CCCCC2)c1. The highest BCUT2D eigenvalue weighted by Crippen LogP contribution is 2.24. The molecule has 2 aromatic rings. The zero-order valence-electron chi connectivity index (χ0n) is 13.8. The molecule has 0 bridgehead atoms. The summed E-state index contributed by atoms with van der Waals surface area (Å²) in [5.74, 6) is 0. The number of carbonyl (C=O) groups excluding carboxylic acids is 1. The zero-order valence-corrected chi connectivity index (χ0v) is 15.4. The standard InChI is InChI=1S/C18H22ClN3OS/c1-21(13-16-8-9-17(19)24-16)18(23)20-14-6-5-7-15(12-14)22-10-3-2-4-11-22/h5-9,12H,2-4,10-11,13H2,1H3,(H,20,23). The molecule has 1 fully saturated rings. The number of thiophene rings is 1. The molecular formula is C18H22ClN3OS. The second-order valence-corrected chi connectivity index (χ2v) is 7.89. The number of urea groups is 1. The third kappa shape index (κ3) is 4.42. The van der Waals surface area contributed by atoms with Crippen LogP contribution in [0.1, 0.15) is 24.1 Å². The Morgan fingerprint density at radius 2 is 2.04 bits per heavy atom. The molecule has 2 heterocycles. The van der Waals surface area contributed by atoms with Gasteiger partial charge in [0, 0.05) is 36.4 Å². The number of anilines is 2. The summed E-state index contributed by atoms with van der Waals surface area (Å²) in [4.78, 5) is 17.5. The number of hydrogen-bond donors (Lipinski definition) is 1. The highest BCUT2D eigenvalue weighted by molar-refractivity contribution is 7.16. The number of hydrogen-bond acceptors (Lipinski definition) is 3. The van der Waals surface area contributed by atoms with Gasteiger partial charge in [-0.1, -0.05) is 17.7 Å². The van der Waals surface area contributed by atoms with Crippen molar-refractivity contribution in [2.75, 3.05) is 30.4 Å². The summed E-state index contributed by atoms with van der Waals surface area (Å²) in [6.07, 6.45) is 3.79. The minimum atomic E-state index is -0.115. The molecule has 0 saturated carbocycles. The molecule has 128 valence electrons. The van der Waals surface area contributed by atoms with Crippen molar-refractivity contribution >= 4 is 40.3 Å². The van der Waals surface area contributed by atoms with Gasteiger partial charge >= 0.3 is 6.03 Å². The average molecular weight is 364 g/mol. The molecule has 0 atom stereocenters. The number of carbonyl (C=O) groups is 1. The van der Waals surface area contributed by atoms with Crippen LogP contribution in [-0.2, 0) is 6.54 Å². The van der Waals surface area contributed by atoms with Crippen molar-refractivity contribution in [1.82, 2.24) is 4.90 Å². The van der Waals surface area contributed by atoms with Crippen LogP contribution >= 0.6 is 22.9 Å². The molecule has 0 radical (unpaired) electrons. The first-order valence-electron chi connectivity index (χ1n) is 8.23. The van der Waals surface area contributed by atoms with E-state index in [4.69, 9.17) is 11.6 Å². The van der Waals surface area contributed by atoms with Crippen molar-refractivity contribution in [1.29, 1.82) is 0 Å². The predicted molar refractivity (Wildman–Crippen MR) is 102 cm³/mol. The third-order valence-electron chi connectivity index (χ3n) is 4.19. The molecule has 3 rings (SSSR count). The van der Waals surface area contributed by atoms with Crippen molar-refractivity contribution < 1.29 is 4.79 Å². The first-order valence-corrected chi connectivity index (χ1v) is 9.42. The number of nitrogens with one attached hydrogen (secondary N) is 1. The Kier molecular flexibility index (Phi) is 5.63. The maximum absolute atomic E-state index is 12.4. The Balaban J connectivity index is 1.61. The van der Waals surface area contributed by atoms with E-state index in [1.807, 2.05) is 24.3 Å². The molecule has 1 aliphatic rings. The van der Waals surface area contributed by atoms with E-state index in [1.54, 1.807) is 11.9 Å². The van der Waals surface area contributed by atoms with Crippen LogP contribution in [0.3, 0.4) is 0 Å². The maximum atomic E-state index is 12.4. The molecule has 1 saturated heterocycles. The largest absolute Gasteiger partial charge is 0.371 e. The Morgan fingerprint density at radius 3 is 2.75 bits per heavy atom. The van der Waals surface area contributed by atoms with Crippen LogP contribution in [0.25, 0.3) is 0 Å². The fourth-order valence-corrected chi connectivity index (χ4v) is 4.03. The van der Waals surface area contributed by atoms with Gasteiger partial charge < -0.3 is 15.1 Å². The lowest BCUT2D eigenvalue weighted by Crippen LogP contribution is -2.31. The van der Waals surface area contributed by atoms with Crippen molar-refractivity contribution in [3.05, 3.63) is 45.6 Å². The molecule has 6 heteroatoms. The molecule has 24 heavy (non-hydrogen) atoms. The summed E-state index contributed by atoms with van der Waals surface area (Å²) in [5.41, 5.74) is 2.01. The summed E-state index contributed by atoms with van der Waals surface area (Å²) in [7, 11) is 1.79. The van der Waals surface area contributed by atoms with Crippen LogP contribution in [0.4, 0.5) is 16.2 Å².